The molecule has 3 N–H and O–H groups in total. The van der Waals surface area contributed by atoms with Gasteiger partial charge in [0.25, 0.3) is 5.56 Å². The van der Waals surface area contributed by atoms with Crippen molar-refractivity contribution in [1.82, 2.24) is 9.78 Å². The molecule has 0 aliphatic heterocycles. The van der Waals surface area contributed by atoms with Crippen LogP contribution in [-0.4, -0.2) is 15.7 Å². The number of carbonyl (C=O) groups excluding carboxylic acids is 1. The lowest BCUT2D eigenvalue weighted by Gasteiger charge is -2.16. The van der Waals surface area contributed by atoms with Gasteiger partial charge in [-0.25, -0.2) is 9.07 Å². The van der Waals surface area contributed by atoms with E-state index in [1.165, 1.54) is 31.2 Å². The highest BCUT2D eigenvalue weighted by molar-refractivity contribution is 5.93. The van der Waals surface area contributed by atoms with Crippen LogP contribution in [-0.2, 0) is 4.79 Å². The SMILES string of the molecule is Cc1cc(-c2cc(N)c(=O)n([C@@H](C)C(=O)Nc3ccccc3F)n2)c(C)o1. The minimum atomic E-state index is -1.01. The number of halogens is 1. The van der Waals surface area contributed by atoms with E-state index in [0.717, 1.165) is 4.68 Å². The first-order valence-corrected chi connectivity index (χ1v) is 8.30. The Morgan fingerprint density at radius 3 is 2.63 bits per heavy atom. The summed E-state index contributed by atoms with van der Waals surface area (Å²) in [5.41, 5.74) is 6.28. The van der Waals surface area contributed by atoms with E-state index in [0.29, 0.717) is 22.8 Å². The number of anilines is 2. The summed E-state index contributed by atoms with van der Waals surface area (Å²) in [4.78, 5) is 24.9. The van der Waals surface area contributed by atoms with Crippen LogP contribution in [0.15, 0.2) is 45.6 Å². The van der Waals surface area contributed by atoms with Gasteiger partial charge in [0.15, 0.2) is 0 Å². The number of nitrogens with zero attached hydrogens (tertiary/aromatic N) is 2. The predicted octanol–water partition coefficient (Wildman–Crippen LogP) is 3.04. The van der Waals surface area contributed by atoms with Crippen molar-refractivity contribution in [2.45, 2.75) is 26.8 Å². The molecule has 0 saturated carbocycles. The summed E-state index contributed by atoms with van der Waals surface area (Å²) in [5.74, 6) is 0.140. The van der Waals surface area contributed by atoms with Gasteiger partial charge in [-0.3, -0.25) is 9.59 Å². The Hall–Kier alpha value is -3.42. The lowest BCUT2D eigenvalue weighted by molar-refractivity contribution is -0.119. The van der Waals surface area contributed by atoms with Crippen molar-refractivity contribution in [1.29, 1.82) is 0 Å². The Balaban J connectivity index is 1.98. The van der Waals surface area contributed by atoms with Gasteiger partial charge in [0.1, 0.15) is 29.1 Å². The van der Waals surface area contributed by atoms with Gasteiger partial charge in [-0.2, -0.15) is 5.10 Å². The van der Waals surface area contributed by atoms with E-state index in [-0.39, 0.29) is 11.4 Å². The number of hydrogen-bond acceptors (Lipinski definition) is 5. The van der Waals surface area contributed by atoms with E-state index in [1.807, 2.05) is 0 Å². The molecule has 1 amide bonds. The summed E-state index contributed by atoms with van der Waals surface area (Å²) in [5, 5.41) is 6.73. The van der Waals surface area contributed by atoms with Gasteiger partial charge in [-0.05, 0) is 45.0 Å². The molecule has 0 aliphatic rings. The largest absolute Gasteiger partial charge is 0.466 e. The number of benzene rings is 1. The molecule has 7 nitrogen and oxygen atoms in total. The fourth-order valence-electron chi connectivity index (χ4n) is 2.72. The van der Waals surface area contributed by atoms with Crippen LogP contribution >= 0.6 is 0 Å². The van der Waals surface area contributed by atoms with Crippen molar-refractivity contribution in [3.05, 3.63) is 64.1 Å². The summed E-state index contributed by atoms with van der Waals surface area (Å²) < 4.78 is 20.2. The van der Waals surface area contributed by atoms with Crippen LogP contribution in [0.5, 0.6) is 0 Å². The van der Waals surface area contributed by atoms with Crippen molar-refractivity contribution in [3.8, 4) is 11.3 Å². The highest BCUT2D eigenvalue weighted by atomic mass is 19.1. The Bertz CT molecular complexity index is 1070. The molecule has 140 valence electrons. The maximum Gasteiger partial charge on any atom is 0.290 e. The molecule has 0 unspecified atom stereocenters. The molecule has 0 fully saturated rings. The Morgan fingerprint density at radius 1 is 1.30 bits per heavy atom. The molecule has 1 atom stereocenters. The van der Waals surface area contributed by atoms with Crippen molar-refractivity contribution in [2.75, 3.05) is 11.1 Å². The number of nitrogen functional groups attached to an aromatic ring is 1. The maximum absolute atomic E-state index is 13.8. The first kappa shape index (κ1) is 18.4. The van der Waals surface area contributed by atoms with E-state index >= 15 is 0 Å². The summed E-state index contributed by atoms with van der Waals surface area (Å²) in [7, 11) is 0. The monoisotopic (exact) mass is 370 g/mol. The first-order chi connectivity index (χ1) is 12.8. The highest BCUT2D eigenvalue weighted by Crippen LogP contribution is 2.25. The van der Waals surface area contributed by atoms with Gasteiger partial charge in [-0.15, -0.1) is 0 Å². The number of amides is 1. The van der Waals surface area contributed by atoms with Gasteiger partial charge in [0.05, 0.1) is 11.4 Å². The molecule has 1 aromatic carbocycles. The molecule has 2 heterocycles. The fraction of sp³-hybridized carbons (Fsp3) is 0.211. The number of para-hydroxylation sites is 1. The molecule has 0 spiro atoms. The molecule has 8 heteroatoms. The third-order valence-corrected chi connectivity index (χ3v) is 4.16. The predicted molar refractivity (Wildman–Crippen MR) is 99.8 cm³/mol. The first-order valence-electron chi connectivity index (χ1n) is 8.30. The number of rotatable bonds is 4. The quantitative estimate of drug-likeness (QED) is 0.735. The number of aryl methyl sites for hydroxylation is 2. The van der Waals surface area contributed by atoms with Crippen LogP contribution in [0.1, 0.15) is 24.5 Å². The summed E-state index contributed by atoms with van der Waals surface area (Å²) in [6, 6.07) is 7.98. The number of carbonyl (C=O) groups is 1. The molecule has 3 aromatic rings. The van der Waals surface area contributed by atoms with Crippen LogP contribution in [0.25, 0.3) is 11.3 Å². The van der Waals surface area contributed by atoms with Gasteiger partial charge >= 0.3 is 0 Å². The van der Waals surface area contributed by atoms with E-state index in [4.69, 9.17) is 10.2 Å². The molecular formula is C19H19FN4O3. The molecule has 27 heavy (non-hydrogen) atoms. The second-order valence-corrected chi connectivity index (χ2v) is 6.21. The molecular weight excluding hydrogens is 351 g/mol. The van der Waals surface area contributed by atoms with E-state index in [2.05, 4.69) is 10.4 Å². The van der Waals surface area contributed by atoms with Crippen molar-refractivity contribution in [3.63, 3.8) is 0 Å². The average molecular weight is 370 g/mol. The second-order valence-electron chi connectivity index (χ2n) is 6.21. The van der Waals surface area contributed by atoms with Crippen LogP contribution in [0.4, 0.5) is 15.8 Å². The summed E-state index contributed by atoms with van der Waals surface area (Å²) >= 11 is 0. The van der Waals surface area contributed by atoms with Gasteiger partial charge in [-0.1, -0.05) is 12.1 Å². The molecule has 0 bridgehead atoms. The van der Waals surface area contributed by atoms with Crippen LogP contribution in [0.3, 0.4) is 0 Å². The van der Waals surface area contributed by atoms with Crippen LogP contribution < -0.4 is 16.6 Å². The minimum absolute atomic E-state index is 0.0211. The molecule has 2 aromatic heterocycles. The highest BCUT2D eigenvalue weighted by Gasteiger charge is 2.21. The smallest absolute Gasteiger partial charge is 0.290 e. The van der Waals surface area contributed by atoms with Crippen molar-refractivity contribution in [2.24, 2.45) is 0 Å². The van der Waals surface area contributed by atoms with E-state index in [9.17, 15) is 14.0 Å². The molecule has 3 rings (SSSR count). The molecule has 0 saturated heterocycles. The zero-order valence-electron chi connectivity index (χ0n) is 15.1. The van der Waals surface area contributed by atoms with Crippen molar-refractivity contribution >= 4 is 17.3 Å². The van der Waals surface area contributed by atoms with Gasteiger partial charge in [0.2, 0.25) is 5.91 Å². The van der Waals surface area contributed by atoms with Crippen molar-refractivity contribution < 1.29 is 13.6 Å². The van der Waals surface area contributed by atoms with Gasteiger partial charge < -0.3 is 15.5 Å². The third kappa shape index (κ3) is 3.59. The Kier molecular flexibility index (Phi) is 4.81. The zero-order valence-corrected chi connectivity index (χ0v) is 15.1. The molecule has 0 aliphatic carbocycles. The lowest BCUT2D eigenvalue weighted by Crippen LogP contribution is -2.34. The van der Waals surface area contributed by atoms with E-state index < -0.39 is 23.3 Å². The van der Waals surface area contributed by atoms with Crippen LogP contribution in [0.2, 0.25) is 0 Å². The lowest BCUT2D eigenvalue weighted by atomic mass is 10.1. The Labute approximate surface area is 154 Å². The normalized spacial score (nSPS) is 12.0. The summed E-state index contributed by atoms with van der Waals surface area (Å²) in [6.07, 6.45) is 0. The number of aromatic nitrogens is 2. The van der Waals surface area contributed by atoms with E-state index in [1.54, 1.807) is 26.0 Å². The number of hydrogen-bond donors (Lipinski definition) is 2. The topological polar surface area (TPSA) is 103 Å². The minimum Gasteiger partial charge on any atom is -0.466 e. The molecule has 0 radical (unpaired) electrons. The zero-order chi connectivity index (χ0) is 19.7. The summed E-state index contributed by atoms with van der Waals surface area (Å²) in [6.45, 7) is 5.05. The average Bonchev–Trinajstić information content (AvgIpc) is 2.97. The Morgan fingerprint density at radius 2 is 2.00 bits per heavy atom. The third-order valence-electron chi connectivity index (χ3n) is 4.16. The van der Waals surface area contributed by atoms with Crippen LogP contribution in [0, 0.1) is 19.7 Å². The maximum atomic E-state index is 13.8. The fourth-order valence-corrected chi connectivity index (χ4v) is 2.72. The second kappa shape index (κ2) is 7.06. The number of nitrogens with two attached hydrogens (primary N) is 1. The number of nitrogens with one attached hydrogen (secondary N) is 1. The number of furan rings is 1. The standard InChI is InChI=1S/C19H19FN4O3/c1-10-8-13(12(3)27-10)17-9-15(21)19(26)24(23-17)11(2)18(25)22-16-7-5-4-6-14(16)20/h4-9,11H,21H2,1-3H3,(H,22,25)/t11-/m0/s1. The van der Waals surface area contributed by atoms with Gasteiger partial charge in [0, 0.05) is 5.56 Å².